The van der Waals surface area contributed by atoms with Crippen LogP contribution in [0.1, 0.15) is 12.8 Å². The zero-order valence-corrected chi connectivity index (χ0v) is 5.51. The molecule has 1 atom stereocenters. The third kappa shape index (κ3) is 1.93. The van der Waals surface area contributed by atoms with Crippen molar-refractivity contribution in [2.24, 2.45) is 17.7 Å². The quantitative estimate of drug-likeness (QED) is 0.354. The van der Waals surface area contributed by atoms with E-state index in [0.29, 0.717) is 5.92 Å². The molecule has 4 N–H and O–H groups in total. The number of nitrogens with two attached hydrogens (primary N) is 1. The first-order valence-corrected chi connectivity index (χ1v) is 3.42. The number of hydrogen-bond acceptors (Lipinski definition) is 3. The number of aliphatic hydroxyl groups is 1. The Morgan fingerprint density at radius 3 is 2.67 bits per heavy atom. The molecule has 0 heterocycles. The molecule has 9 heavy (non-hydrogen) atoms. The minimum absolute atomic E-state index is 0.273. The monoisotopic (exact) mass is 130 g/mol. The van der Waals surface area contributed by atoms with E-state index < -0.39 is 0 Å². The fourth-order valence-corrected chi connectivity index (χ4v) is 1.10. The highest BCUT2D eigenvalue weighted by molar-refractivity contribution is 4.81. The normalized spacial score (nSPS) is 22.0. The average molecular weight is 130 g/mol. The Hall–Kier alpha value is -0.120. The van der Waals surface area contributed by atoms with Crippen molar-refractivity contribution < 1.29 is 5.11 Å². The van der Waals surface area contributed by atoms with Gasteiger partial charge in [-0.1, -0.05) is 0 Å². The maximum Gasteiger partial charge on any atom is 0.0474 e. The lowest BCUT2D eigenvalue weighted by atomic mass is 10.1. The van der Waals surface area contributed by atoms with E-state index in [0.717, 1.165) is 12.5 Å². The van der Waals surface area contributed by atoms with Gasteiger partial charge in [-0.2, -0.15) is 0 Å². The van der Waals surface area contributed by atoms with E-state index in [1.165, 1.54) is 12.8 Å². The van der Waals surface area contributed by atoms with Crippen molar-refractivity contribution in [3.63, 3.8) is 0 Å². The lowest BCUT2D eigenvalue weighted by molar-refractivity contribution is 0.206. The van der Waals surface area contributed by atoms with E-state index >= 15 is 0 Å². The Labute approximate surface area is 55.2 Å². The van der Waals surface area contributed by atoms with Crippen molar-refractivity contribution in [2.45, 2.75) is 12.8 Å². The highest BCUT2D eigenvalue weighted by Gasteiger charge is 2.29. The molecule has 3 heteroatoms. The third-order valence-corrected chi connectivity index (χ3v) is 1.90. The summed E-state index contributed by atoms with van der Waals surface area (Å²) in [6.45, 7) is 1.02. The molecule has 1 aliphatic rings. The van der Waals surface area contributed by atoms with Gasteiger partial charge in [0.25, 0.3) is 0 Å². The Balaban J connectivity index is 2.12. The van der Waals surface area contributed by atoms with Crippen molar-refractivity contribution in [2.75, 3.05) is 13.2 Å². The minimum atomic E-state index is 0.273. The molecule has 0 radical (unpaired) electrons. The molecule has 3 nitrogen and oxygen atoms in total. The van der Waals surface area contributed by atoms with Gasteiger partial charge in [-0.15, -0.1) is 0 Å². The molecule has 0 aromatic heterocycles. The molecular weight excluding hydrogens is 116 g/mol. The van der Waals surface area contributed by atoms with Gasteiger partial charge in [0.1, 0.15) is 0 Å². The lowest BCUT2D eigenvalue weighted by Gasteiger charge is -2.10. The summed E-state index contributed by atoms with van der Waals surface area (Å²) in [6.07, 6.45) is 2.54. The molecular formula is C6H14N2O. The predicted octanol–water partition coefficient (Wildman–Crippen LogP) is -0.532. The molecule has 0 aromatic rings. The van der Waals surface area contributed by atoms with E-state index in [4.69, 9.17) is 10.9 Å². The van der Waals surface area contributed by atoms with Crippen LogP contribution in [0.25, 0.3) is 0 Å². The Bertz CT molecular complexity index is 83.1. The van der Waals surface area contributed by atoms with Crippen LogP contribution in [0.15, 0.2) is 0 Å². The van der Waals surface area contributed by atoms with E-state index in [9.17, 15) is 0 Å². The van der Waals surface area contributed by atoms with Crippen LogP contribution in [0.4, 0.5) is 0 Å². The Morgan fingerprint density at radius 2 is 2.33 bits per heavy atom. The summed E-state index contributed by atoms with van der Waals surface area (Å²) in [5, 5.41) is 8.77. The number of hydrazine groups is 1. The summed E-state index contributed by atoms with van der Waals surface area (Å²) in [6, 6.07) is 0. The summed E-state index contributed by atoms with van der Waals surface area (Å²) in [5.74, 6) is 6.25. The molecule has 1 unspecified atom stereocenters. The first kappa shape index (κ1) is 6.99. The fraction of sp³-hybridized carbons (Fsp3) is 1.00. The van der Waals surface area contributed by atoms with Gasteiger partial charge in [-0.05, 0) is 24.7 Å². The molecule has 0 spiro atoms. The predicted molar refractivity (Wildman–Crippen MR) is 35.5 cm³/mol. The van der Waals surface area contributed by atoms with E-state index in [-0.39, 0.29) is 6.61 Å². The van der Waals surface area contributed by atoms with Crippen LogP contribution in [0.2, 0.25) is 0 Å². The number of hydrogen-bond donors (Lipinski definition) is 3. The van der Waals surface area contributed by atoms with Crippen molar-refractivity contribution in [3.05, 3.63) is 0 Å². The zero-order valence-electron chi connectivity index (χ0n) is 5.51. The van der Waals surface area contributed by atoms with Crippen molar-refractivity contribution in [3.8, 4) is 0 Å². The second kappa shape index (κ2) is 3.15. The van der Waals surface area contributed by atoms with E-state index in [1.54, 1.807) is 0 Å². The molecule has 1 aliphatic carbocycles. The van der Waals surface area contributed by atoms with Crippen molar-refractivity contribution >= 4 is 0 Å². The van der Waals surface area contributed by atoms with Gasteiger partial charge in [0.15, 0.2) is 0 Å². The Morgan fingerprint density at radius 1 is 1.67 bits per heavy atom. The molecule has 0 amide bonds. The van der Waals surface area contributed by atoms with Gasteiger partial charge in [0, 0.05) is 13.2 Å². The van der Waals surface area contributed by atoms with Crippen LogP contribution < -0.4 is 11.3 Å². The summed E-state index contributed by atoms with van der Waals surface area (Å²) in [5.41, 5.74) is 2.58. The average Bonchev–Trinajstić information content (AvgIpc) is 2.64. The first-order valence-electron chi connectivity index (χ1n) is 3.42. The second-order valence-electron chi connectivity index (χ2n) is 2.69. The third-order valence-electron chi connectivity index (χ3n) is 1.90. The van der Waals surface area contributed by atoms with Gasteiger partial charge in [-0.25, -0.2) is 0 Å². The van der Waals surface area contributed by atoms with Gasteiger partial charge < -0.3 is 5.11 Å². The molecule has 0 aromatic carbocycles. The molecule has 0 bridgehead atoms. The van der Waals surface area contributed by atoms with E-state index in [1.807, 2.05) is 0 Å². The highest BCUT2D eigenvalue weighted by Crippen LogP contribution is 2.35. The second-order valence-corrected chi connectivity index (χ2v) is 2.69. The smallest absolute Gasteiger partial charge is 0.0474 e. The van der Waals surface area contributed by atoms with Gasteiger partial charge in [0.2, 0.25) is 0 Å². The first-order chi connectivity index (χ1) is 4.38. The van der Waals surface area contributed by atoms with Crippen molar-refractivity contribution in [1.82, 2.24) is 5.43 Å². The van der Waals surface area contributed by atoms with Crippen LogP contribution in [-0.4, -0.2) is 18.3 Å². The molecule has 1 saturated carbocycles. The minimum Gasteiger partial charge on any atom is -0.396 e. The number of rotatable bonds is 4. The standard InChI is InChI=1S/C6H14N2O/c7-8-3-6(4-9)5-1-2-5/h5-6,8-9H,1-4,7H2. The zero-order chi connectivity index (χ0) is 6.69. The van der Waals surface area contributed by atoms with Crippen LogP contribution in [0.3, 0.4) is 0 Å². The maximum atomic E-state index is 8.77. The van der Waals surface area contributed by atoms with Crippen LogP contribution in [0, 0.1) is 11.8 Å². The summed E-state index contributed by atoms with van der Waals surface area (Å²) < 4.78 is 0. The summed E-state index contributed by atoms with van der Waals surface area (Å²) >= 11 is 0. The molecule has 0 saturated heterocycles. The Kier molecular flexibility index (Phi) is 2.45. The lowest BCUT2D eigenvalue weighted by Crippen LogP contribution is -2.31. The van der Waals surface area contributed by atoms with Gasteiger partial charge in [-0.3, -0.25) is 11.3 Å². The largest absolute Gasteiger partial charge is 0.396 e. The van der Waals surface area contributed by atoms with E-state index in [2.05, 4.69) is 5.43 Å². The maximum absolute atomic E-state index is 8.77. The molecule has 54 valence electrons. The molecule has 1 fully saturated rings. The number of aliphatic hydroxyl groups excluding tert-OH is 1. The summed E-state index contributed by atoms with van der Waals surface area (Å²) in [7, 11) is 0. The van der Waals surface area contributed by atoms with Crippen molar-refractivity contribution in [1.29, 1.82) is 0 Å². The molecule has 0 aliphatic heterocycles. The van der Waals surface area contributed by atoms with Crippen LogP contribution in [-0.2, 0) is 0 Å². The van der Waals surface area contributed by atoms with Crippen LogP contribution in [0.5, 0.6) is 0 Å². The SMILES string of the molecule is NNCC(CO)C1CC1. The topological polar surface area (TPSA) is 58.3 Å². The highest BCUT2D eigenvalue weighted by atomic mass is 16.3. The molecule has 1 rings (SSSR count). The van der Waals surface area contributed by atoms with Crippen LogP contribution >= 0.6 is 0 Å². The fourth-order valence-electron chi connectivity index (χ4n) is 1.10. The number of nitrogens with one attached hydrogen (secondary N) is 1. The van der Waals surface area contributed by atoms with Gasteiger partial charge in [0.05, 0.1) is 0 Å². The summed E-state index contributed by atoms with van der Waals surface area (Å²) in [4.78, 5) is 0. The van der Waals surface area contributed by atoms with Gasteiger partial charge >= 0.3 is 0 Å².